The van der Waals surface area contributed by atoms with E-state index in [2.05, 4.69) is 10.0 Å². The normalized spacial score (nSPS) is 13.0. The summed E-state index contributed by atoms with van der Waals surface area (Å²) in [7, 11) is -2.57. The number of nitrogens with one attached hydrogen (secondary N) is 2. The van der Waals surface area contributed by atoms with Gasteiger partial charge in [0.1, 0.15) is 10.6 Å². The van der Waals surface area contributed by atoms with Crippen molar-refractivity contribution in [1.29, 1.82) is 0 Å². The molecule has 0 radical (unpaired) electrons. The van der Waals surface area contributed by atoms with Crippen LogP contribution < -0.4 is 14.8 Å². The first-order valence-corrected chi connectivity index (χ1v) is 8.67. The van der Waals surface area contributed by atoms with Crippen LogP contribution in [0.1, 0.15) is 20.8 Å². The Labute approximate surface area is 136 Å². The Hall–Kier alpha value is -1.31. The lowest BCUT2D eigenvalue weighted by molar-refractivity contribution is -0.122. The third-order valence-electron chi connectivity index (χ3n) is 2.82. The molecule has 1 amide bonds. The van der Waals surface area contributed by atoms with E-state index < -0.39 is 22.0 Å². The number of hydrogen-bond acceptors (Lipinski definition) is 4. The molecule has 1 aromatic rings. The average molecular weight is 349 g/mol. The van der Waals surface area contributed by atoms with E-state index in [1.54, 1.807) is 0 Å². The zero-order valence-electron chi connectivity index (χ0n) is 13.0. The first kappa shape index (κ1) is 18.7. The average Bonchev–Trinajstić information content (AvgIpc) is 2.44. The Bertz CT molecular complexity index is 632. The van der Waals surface area contributed by atoms with Gasteiger partial charge in [0.15, 0.2) is 0 Å². The third-order valence-corrected chi connectivity index (χ3v) is 4.62. The number of sulfonamides is 1. The molecule has 2 N–H and O–H groups in total. The summed E-state index contributed by atoms with van der Waals surface area (Å²) in [6, 6.07) is 3.35. The maximum atomic E-state index is 12.4. The Morgan fingerprint density at radius 3 is 2.50 bits per heavy atom. The van der Waals surface area contributed by atoms with Gasteiger partial charge in [0, 0.05) is 11.6 Å². The molecule has 0 spiro atoms. The fraction of sp³-hybridized carbons (Fsp3) is 0.500. The van der Waals surface area contributed by atoms with E-state index in [-0.39, 0.29) is 21.6 Å². The fourth-order valence-corrected chi connectivity index (χ4v) is 3.30. The van der Waals surface area contributed by atoms with E-state index in [0.717, 1.165) is 0 Å². The molecule has 0 aromatic heterocycles. The number of carbonyl (C=O) groups is 1. The molecule has 1 aromatic carbocycles. The zero-order valence-corrected chi connectivity index (χ0v) is 14.6. The predicted octanol–water partition coefficient (Wildman–Crippen LogP) is 1.79. The molecule has 0 bridgehead atoms. The highest BCUT2D eigenvalue weighted by atomic mass is 35.5. The molecule has 0 aliphatic rings. The van der Waals surface area contributed by atoms with Gasteiger partial charge in [0.25, 0.3) is 0 Å². The highest BCUT2D eigenvalue weighted by molar-refractivity contribution is 7.89. The summed E-state index contributed by atoms with van der Waals surface area (Å²) in [5.74, 6) is 0.0470. The standard InChI is InChI=1S/C14H21ClN2O4S/c1-9(2)8-16-14(18)10(3)17-22(19,20)13-7-11(15)5-6-12(13)21-4/h5-7,9-10,17H,8H2,1-4H3,(H,16,18)/t10-/m1/s1. The molecule has 0 saturated heterocycles. The summed E-state index contributed by atoms with van der Waals surface area (Å²) in [5.41, 5.74) is 0. The highest BCUT2D eigenvalue weighted by Crippen LogP contribution is 2.26. The van der Waals surface area contributed by atoms with Crippen molar-refractivity contribution in [3.63, 3.8) is 0 Å². The minimum Gasteiger partial charge on any atom is -0.495 e. The number of benzene rings is 1. The number of ether oxygens (including phenoxy) is 1. The molecule has 124 valence electrons. The van der Waals surface area contributed by atoms with E-state index in [9.17, 15) is 13.2 Å². The number of rotatable bonds is 7. The molecule has 0 unspecified atom stereocenters. The van der Waals surface area contributed by atoms with E-state index in [1.807, 2.05) is 13.8 Å². The van der Waals surface area contributed by atoms with E-state index in [0.29, 0.717) is 6.54 Å². The largest absolute Gasteiger partial charge is 0.495 e. The molecule has 0 fully saturated rings. The first-order valence-electron chi connectivity index (χ1n) is 6.81. The molecule has 1 atom stereocenters. The minimum absolute atomic E-state index is 0.106. The second kappa shape index (κ2) is 7.80. The van der Waals surface area contributed by atoms with Crippen LogP contribution in [-0.2, 0) is 14.8 Å². The Morgan fingerprint density at radius 1 is 1.32 bits per heavy atom. The van der Waals surface area contributed by atoms with Gasteiger partial charge < -0.3 is 10.1 Å². The Kier molecular flexibility index (Phi) is 6.65. The Balaban J connectivity index is 2.92. The lowest BCUT2D eigenvalue weighted by Gasteiger charge is -2.16. The second-order valence-electron chi connectivity index (χ2n) is 5.28. The number of amides is 1. The van der Waals surface area contributed by atoms with Gasteiger partial charge >= 0.3 is 0 Å². The van der Waals surface area contributed by atoms with Gasteiger partial charge in [0.05, 0.1) is 13.2 Å². The van der Waals surface area contributed by atoms with Crippen LogP contribution >= 0.6 is 11.6 Å². The number of carbonyl (C=O) groups excluding carboxylic acids is 1. The molecule has 0 saturated carbocycles. The topological polar surface area (TPSA) is 84.5 Å². The summed E-state index contributed by atoms with van der Waals surface area (Å²) in [4.78, 5) is 11.8. The molecule has 8 heteroatoms. The number of hydrogen-bond donors (Lipinski definition) is 2. The number of halogens is 1. The molecule has 22 heavy (non-hydrogen) atoms. The minimum atomic E-state index is -3.93. The second-order valence-corrected chi connectivity index (χ2v) is 7.40. The first-order chi connectivity index (χ1) is 10.2. The monoisotopic (exact) mass is 348 g/mol. The highest BCUT2D eigenvalue weighted by Gasteiger charge is 2.25. The van der Waals surface area contributed by atoms with E-state index >= 15 is 0 Å². The van der Waals surface area contributed by atoms with Gasteiger partial charge in [-0.25, -0.2) is 8.42 Å². The van der Waals surface area contributed by atoms with Crippen LogP contribution in [0.4, 0.5) is 0 Å². The van der Waals surface area contributed by atoms with Crippen molar-refractivity contribution in [2.45, 2.75) is 31.7 Å². The van der Waals surface area contributed by atoms with Gasteiger partial charge in [-0.05, 0) is 31.0 Å². The van der Waals surface area contributed by atoms with Crippen molar-refractivity contribution in [2.75, 3.05) is 13.7 Å². The van der Waals surface area contributed by atoms with Gasteiger partial charge in [-0.1, -0.05) is 25.4 Å². The lowest BCUT2D eigenvalue weighted by Crippen LogP contribution is -2.45. The predicted molar refractivity (Wildman–Crippen MR) is 85.6 cm³/mol. The third kappa shape index (κ3) is 5.15. The molecule has 0 aliphatic carbocycles. The van der Waals surface area contributed by atoms with E-state index in [1.165, 1.54) is 32.2 Å². The van der Waals surface area contributed by atoms with Gasteiger partial charge in [-0.3, -0.25) is 4.79 Å². The molecular weight excluding hydrogens is 328 g/mol. The van der Waals surface area contributed by atoms with Crippen LogP contribution in [0.25, 0.3) is 0 Å². The van der Waals surface area contributed by atoms with E-state index in [4.69, 9.17) is 16.3 Å². The van der Waals surface area contributed by atoms with Crippen molar-refractivity contribution < 1.29 is 17.9 Å². The molecule has 6 nitrogen and oxygen atoms in total. The van der Waals surface area contributed by atoms with Gasteiger partial charge in [-0.2, -0.15) is 4.72 Å². The van der Waals surface area contributed by atoms with Gasteiger partial charge in [-0.15, -0.1) is 0 Å². The maximum Gasteiger partial charge on any atom is 0.245 e. The van der Waals surface area contributed by atoms with Crippen molar-refractivity contribution in [3.8, 4) is 5.75 Å². The molecule has 1 rings (SSSR count). The summed E-state index contributed by atoms with van der Waals surface area (Å²) in [6.07, 6.45) is 0. The van der Waals surface area contributed by atoms with Crippen molar-refractivity contribution in [2.24, 2.45) is 5.92 Å². The summed E-state index contributed by atoms with van der Waals surface area (Å²) in [5, 5.41) is 2.93. The summed E-state index contributed by atoms with van der Waals surface area (Å²) < 4.78 is 32.1. The van der Waals surface area contributed by atoms with Crippen LogP contribution in [0.3, 0.4) is 0 Å². The molecule has 0 heterocycles. The molecule has 0 aliphatic heterocycles. The smallest absolute Gasteiger partial charge is 0.245 e. The van der Waals surface area contributed by atoms with Crippen LogP contribution in [0.15, 0.2) is 23.1 Å². The van der Waals surface area contributed by atoms with Crippen LogP contribution in [-0.4, -0.2) is 34.0 Å². The Morgan fingerprint density at radius 2 is 1.95 bits per heavy atom. The van der Waals surface area contributed by atoms with Crippen LogP contribution in [0, 0.1) is 5.92 Å². The zero-order chi connectivity index (χ0) is 16.9. The lowest BCUT2D eigenvalue weighted by atomic mass is 10.2. The van der Waals surface area contributed by atoms with Crippen molar-refractivity contribution in [3.05, 3.63) is 23.2 Å². The van der Waals surface area contributed by atoms with Crippen LogP contribution in [0.2, 0.25) is 5.02 Å². The van der Waals surface area contributed by atoms with Crippen molar-refractivity contribution in [1.82, 2.24) is 10.0 Å². The quantitative estimate of drug-likeness (QED) is 0.786. The van der Waals surface area contributed by atoms with Crippen molar-refractivity contribution >= 4 is 27.5 Å². The molecular formula is C14H21ClN2O4S. The maximum absolute atomic E-state index is 12.4. The summed E-state index contributed by atoms with van der Waals surface area (Å²) in [6.45, 7) is 5.85. The fourth-order valence-electron chi connectivity index (χ4n) is 1.67. The van der Waals surface area contributed by atoms with Gasteiger partial charge in [0.2, 0.25) is 15.9 Å². The SMILES string of the molecule is COc1ccc(Cl)cc1S(=O)(=O)N[C@H](C)C(=O)NCC(C)C. The number of methoxy groups -OCH3 is 1. The summed E-state index contributed by atoms with van der Waals surface area (Å²) >= 11 is 5.84. The van der Waals surface area contributed by atoms with Crippen LogP contribution in [0.5, 0.6) is 5.75 Å².